The Morgan fingerprint density at radius 1 is 1.04 bits per heavy atom. The number of carbonyl (C=O) groups excluding carboxylic acids is 2. The number of rotatable bonds is 8. The van der Waals surface area contributed by atoms with Gasteiger partial charge in [-0.1, -0.05) is 43.6 Å². The molecular weight excluding hydrogens is 380 g/mol. The number of carbonyl (C=O) groups is 2. The molecule has 0 aromatic heterocycles. The van der Waals surface area contributed by atoms with Gasteiger partial charge in [0.2, 0.25) is 5.91 Å². The molecule has 0 bridgehead atoms. The van der Waals surface area contributed by atoms with E-state index in [2.05, 4.69) is 10.6 Å². The zero-order valence-electron chi connectivity index (χ0n) is 16.4. The quantitative estimate of drug-likeness (QED) is 0.706. The highest BCUT2D eigenvalue weighted by molar-refractivity contribution is 6.33. The van der Waals surface area contributed by atoms with Gasteiger partial charge in [0.1, 0.15) is 6.04 Å². The number of nitrogens with one attached hydrogen (secondary N) is 2. The van der Waals surface area contributed by atoms with E-state index in [9.17, 15) is 9.59 Å². The Morgan fingerprint density at radius 2 is 1.71 bits per heavy atom. The maximum absolute atomic E-state index is 12.7. The molecule has 6 nitrogen and oxygen atoms in total. The topological polar surface area (TPSA) is 76.7 Å². The smallest absolute Gasteiger partial charge is 0.253 e. The van der Waals surface area contributed by atoms with E-state index < -0.39 is 6.04 Å². The Labute approximate surface area is 170 Å². The number of amides is 2. The van der Waals surface area contributed by atoms with E-state index >= 15 is 0 Å². The van der Waals surface area contributed by atoms with Gasteiger partial charge >= 0.3 is 0 Å². The number of methoxy groups -OCH3 is 2. The third-order valence-electron chi connectivity index (χ3n) is 4.27. The predicted octanol–water partition coefficient (Wildman–Crippen LogP) is 3.43. The second kappa shape index (κ2) is 9.99. The van der Waals surface area contributed by atoms with Crippen molar-refractivity contribution in [2.24, 2.45) is 5.92 Å². The molecule has 0 spiro atoms. The summed E-state index contributed by atoms with van der Waals surface area (Å²) in [5.41, 5.74) is 1.19. The summed E-state index contributed by atoms with van der Waals surface area (Å²) in [4.78, 5) is 25.2. The minimum Gasteiger partial charge on any atom is -0.493 e. The number of benzene rings is 2. The highest BCUT2D eigenvalue weighted by Crippen LogP contribution is 2.27. The molecule has 0 fully saturated rings. The Hall–Kier alpha value is -2.73. The van der Waals surface area contributed by atoms with Crippen molar-refractivity contribution in [3.63, 3.8) is 0 Å². The number of hydrogen-bond acceptors (Lipinski definition) is 4. The molecule has 2 aromatic rings. The molecule has 1 unspecified atom stereocenters. The molecule has 0 heterocycles. The highest BCUT2D eigenvalue weighted by atomic mass is 35.5. The third-order valence-corrected chi connectivity index (χ3v) is 4.60. The monoisotopic (exact) mass is 404 g/mol. The van der Waals surface area contributed by atoms with E-state index in [1.807, 2.05) is 19.9 Å². The van der Waals surface area contributed by atoms with Crippen LogP contribution >= 0.6 is 11.6 Å². The Balaban J connectivity index is 2.05. The van der Waals surface area contributed by atoms with Crippen molar-refractivity contribution in [1.29, 1.82) is 0 Å². The summed E-state index contributed by atoms with van der Waals surface area (Å²) in [5, 5.41) is 5.97. The molecule has 2 aromatic carbocycles. The van der Waals surface area contributed by atoms with Gasteiger partial charge in [0, 0.05) is 6.54 Å². The average Bonchev–Trinajstić information content (AvgIpc) is 2.69. The third kappa shape index (κ3) is 5.39. The predicted molar refractivity (Wildman–Crippen MR) is 109 cm³/mol. The normalized spacial score (nSPS) is 11.6. The second-order valence-electron chi connectivity index (χ2n) is 6.58. The first-order valence-electron chi connectivity index (χ1n) is 8.91. The van der Waals surface area contributed by atoms with Gasteiger partial charge in [-0.05, 0) is 35.7 Å². The minimum absolute atomic E-state index is 0.100. The summed E-state index contributed by atoms with van der Waals surface area (Å²) in [5.74, 6) is 0.443. The fourth-order valence-electron chi connectivity index (χ4n) is 2.69. The molecule has 0 aliphatic carbocycles. The molecule has 0 aliphatic heterocycles. The summed E-state index contributed by atoms with van der Waals surface area (Å²) in [7, 11) is 3.12. The van der Waals surface area contributed by atoms with Crippen LogP contribution in [0, 0.1) is 5.92 Å². The lowest BCUT2D eigenvalue weighted by Gasteiger charge is -2.22. The van der Waals surface area contributed by atoms with E-state index in [4.69, 9.17) is 21.1 Å². The van der Waals surface area contributed by atoms with Crippen LogP contribution in [0.5, 0.6) is 11.5 Å². The number of halogens is 1. The van der Waals surface area contributed by atoms with Gasteiger partial charge in [0.25, 0.3) is 5.91 Å². The number of ether oxygens (including phenoxy) is 2. The highest BCUT2D eigenvalue weighted by Gasteiger charge is 2.25. The van der Waals surface area contributed by atoms with E-state index in [1.54, 1.807) is 50.6 Å². The van der Waals surface area contributed by atoms with Crippen LogP contribution in [-0.4, -0.2) is 32.1 Å². The minimum atomic E-state index is -0.691. The van der Waals surface area contributed by atoms with Gasteiger partial charge in [-0.25, -0.2) is 0 Å². The van der Waals surface area contributed by atoms with Gasteiger partial charge in [0.05, 0.1) is 24.8 Å². The zero-order chi connectivity index (χ0) is 20.7. The standard InChI is InChI=1S/C21H25ClN2O4/c1-13(2)19(24-20(25)15-7-5-6-8-16(15)22)21(26)23-12-14-9-10-17(27-3)18(11-14)28-4/h5-11,13,19H,12H2,1-4H3,(H,23,26)(H,24,25). The molecule has 150 valence electrons. The summed E-state index contributed by atoms with van der Waals surface area (Å²) >= 11 is 6.07. The van der Waals surface area contributed by atoms with Crippen LogP contribution in [0.25, 0.3) is 0 Å². The van der Waals surface area contributed by atoms with E-state index in [0.717, 1.165) is 5.56 Å². The van der Waals surface area contributed by atoms with Crippen LogP contribution in [0.15, 0.2) is 42.5 Å². The fraction of sp³-hybridized carbons (Fsp3) is 0.333. The first-order chi connectivity index (χ1) is 13.4. The van der Waals surface area contributed by atoms with Crippen LogP contribution in [0.3, 0.4) is 0 Å². The first-order valence-corrected chi connectivity index (χ1v) is 9.29. The average molecular weight is 405 g/mol. The molecule has 28 heavy (non-hydrogen) atoms. The van der Waals surface area contributed by atoms with E-state index in [1.165, 1.54) is 0 Å². The summed E-state index contributed by atoms with van der Waals surface area (Å²) in [6.45, 7) is 4.03. The van der Waals surface area contributed by atoms with Crippen molar-refractivity contribution >= 4 is 23.4 Å². The summed E-state index contributed by atoms with van der Waals surface area (Å²) in [6, 6.07) is 11.5. The van der Waals surface area contributed by atoms with Crippen molar-refractivity contribution in [2.75, 3.05) is 14.2 Å². The van der Waals surface area contributed by atoms with E-state index in [-0.39, 0.29) is 17.7 Å². The Morgan fingerprint density at radius 3 is 2.32 bits per heavy atom. The summed E-state index contributed by atoms with van der Waals surface area (Å²) < 4.78 is 10.5. The largest absolute Gasteiger partial charge is 0.493 e. The van der Waals surface area contributed by atoms with Crippen LogP contribution in [-0.2, 0) is 11.3 Å². The van der Waals surface area contributed by atoms with Gasteiger partial charge in [0.15, 0.2) is 11.5 Å². The maximum Gasteiger partial charge on any atom is 0.253 e. The maximum atomic E-state index is 12.7. The van der Waals surface area contributed by atoms with Crippen LogP contribution < -0.4 is 20.1 Å². The molecule has 0 saturated carbocycles. The number of hydrogen-bond donors (Lipinski definition) is 2. The lowest BCUT2D eigenvalue weighted by molar-refractivity contribution is -0.124. The summed E-state index contributed by atoms with van der Waals surface area (Å²) in [6.07, 6.45) is 0. The lowest BCUT2D eigenvalue weighted by Crippen LogP contribution is -2.49. The molecule has 0 radical (unpaired) electrons. The molecule has 7 heteroatoms. The molecule has 0 saturated heterocycles. The molecule has 0 aliphatic rings. The van der Waals surface area contributed by atoms with Crippen LogP contribution in [0.4, 0.5) is 0 Å². The molecular formula is C21H25ClN2O4. The van der Waals surface area contributed by atoms with Gasteiger partial charge < -0.3 is 20.1 Å². The van der Waals surface area contributed by atoms with Crippen LogP contribution in [0.2, 0.25) is 5.02 Å². The van der Waals surface area contributed by atoms with Crippen molar-refractivity contribution in [3.05, 3.63) is 58.6 Å². The van der Waals surface area contributed by atoms with Crippen molar-refractivity contribution in [1.82, 2.24) is 10.6 Å². The molecule has 2 N–H and O–H groups in total. The van der Waals surface area contributed by atoms with Gasteiger partial charge in [-0.2, -0.15) is 0 Å². The molecule has 1 atom stereocenters. The van der Waals surface area contributed by atoms with Gasteiger partial charge in [-0.15, -0.1) is 0 Å². The van der Waals surface area contributed by atoms with E-state index in [0.29, 0.717) is 28.6 Å². The first kappa shape index (κ1) is 21.6. The Kier molecular flexibility index (Phi) is 7.70. The lowest BCUT2D eigenvalue weighted by atomic mass is 10.0. The van der Waals surface area contributed by atoms with Crippen LogP contribution in [0.1, 0.15) is 29.8 Å². The SMILES string of the molecule is COc1ccc(CNC(=O)C(NC(=O)c2ccccc2Cl)C(C)C)cc1OC. The fourth-order valence-corrected chi connectivity index (χ4v) is 2.91. The molecule has 2 amide bonds. The van der Waals surface area contributed by atoms with Crippen molar-refractivity contribution < 1.29 is 19.1 Å². The van der Waals surface area contributed by atoms with Crippen molar-refractivity contribution in [3.8, 4) is 11.5 Å². The second-order valence-corrected chi connectivity index (χ2v) is 6.99. The van der Waals surface area contributed by atoms with Crippen molar-refractivity contribution in [2.45, 2.75) is 26.4 Å². The Bertz CT molecular complexity index is 839. The van der Waals surface area contributed by atoms with Gasteiger partial charge in [-0.3, -0.25) is 9.59 Å². The zero-order valence-corrected chi connectivity index (χ0v) is 17.2. The molecule has 2 rings (SSSR count).